The largest absolute Gasteiger partial charge is 0.493 e. The molecule has 0 bridgehead atoms. The van der Waals surface area contributed by atoms with E-state index in [9.17, 15) is 10.4 Å². The van der Waals surface area contributed by atoms with E-state index in [0.717, 1.165) is 6.42 Å². The van der Waals surface area contributed by atoms with Gasteiger partial charge >= 0.3 is 0 Å². The summed E-state index contributed by atoms with van der Waals surface area (Å²) >= 11 is 3.43. The summed E-state index contributed by atoms with van der Waals surface area (Å²) in [4.78, 5) is 0. The van der Waals surface area contributed by atoms with Crippen molar-refractivity contribution >= 4 is 15.9 Å². The number of hydrogen-bond donors (Lipinski definition) is 1. The van der Waals surface area contributed by atoms with Gasteiger partial charge in [0.05, 0.1) is 26.9 Å². The standard InChI is InChI=1S/C15H18BrNO4/c1-19-12-6-10(11(16)7-13(12)20-2)14(18)15(8-17)4-3-5-21-9-15/h6-7,14,18H,3-5,9H2,1-2H3. The van der Waals surface area contributed by atoms with Crippen LogP contribution in [0.15, 0.2) is 16.6 Å². The maximum Gasteiger partial charge on any atom is 0.161 e. The van der Waals surface area contributed by atoms with Gasteiger partial charge in [0.15, 0.2) is 11.5 Å². The van der Waals surface area contributed by atoms with Crippen LogP contribution in [0.2, 0.25) is 0 Å². The topological polar surface area (TPSA) is 71.7 Å². The average Bonchev–Trinajstić information content (AvgIpc) is 2.54. The molecule has 114 valence electrons. The molecule has 0 spiro atoms. The minimum Gasteiger partial charge on any atom is -0.493 e. The highest BCUT2D eigenvalue weighted by Crippen LogP contribution is 2.45. The molecule has 1 aromatic carbocycles. The number of methoxy groups -OCH3 is 2. The molecule has 0 radical (unpaired) electrons. The third-order valence-electron chi connectivity index (χ3n) is 3.81. The third-order valence-corrected chi connectivity index (χ3v) is 4.50. The molecule has 0 amide bonds. The van der Waals surface area contributed by atoms with Gasteiger partial charge in [0.25, 0.3) is 0 Å². The summed E-state index contributed by atoms with van der Waals surface area (Å²) in [6.45, 7) is 0.856. The second-order valence-corrected chi connectivity index (χ2v) is 5.91. The predicted octanol–water partition coefficient (Wildman–Crippen LogP) is 2.82. The van der Waals surface area contributed by atoms with E-state index in [-0.39, 0.29) is 6.61 Å². The zero-order valence-corrected chi connectivity index (χ0v) is 13.6. The van der Waals surface area contributed by atoms with Crippen LogP contribution in [0.5, 0.6) is 11.5 Å². The summed E-state index contributed by atoms with van der Waals surface area (Å²) in [5.74, 6) is 1.07. The van der Waals surface area contributed by atoms with Crippen molar-refractivity contribution in [2.45, 2.75) is 18.9 Å². The fraction of sp³-hybridized carbons (Fsp3) is 0.533. The van der Waals surface area contributed by atoms with E-state index >= 15 is 0 Å². The number of hydrogen-bond acceptors (Lipinski definition) is 5. The molecule has 0 saturated carbocycles. The van der Waals surface area contributed by atoms with Gasteiger partial charge in [-0.3, -0.25) is 0 Å². The van der Waals surface area contributed by atoms with Crippen LogP contribution >= 0.6 is 15.9 Å². The van der Waals surface area contributed by atoms with Crippen molar-refractivity contribution in [2.75, 3.05) is 27.4 Å². The van der Waals surface area contributed by atoms with Gasteiger partial charge in [0, 0.05) is 16.6 Å². The Morgan fingerprint density at radius 1 is 1.38 bits per heavy atom. The van der Waals surface area contributed by atoms with Gasteiger partial charge in [-0.1, -0.05) is 15.9 Å². The Balaban J connectivity index is 2.42. The van der Waals surface area contributed by atoms with E-state index in [1.807, 2.05) is 0 Å². The maximum atomic E-state index is 10.7. The molecular weight excluding hydrogens is 338 g/mol. The van der Waals surface area contributed by atoms with Crippen molar-refractivity contribution in [1.29, 1.82) is 5.26 Å². The minimum absolute atomic E-state index is 0.228. The van der Waals surface area contributed by atoms with E-state index < -0.39 is 11.5 Å². The van der Waals surface area contributed by atoms with Crippen LogP contribution in [0.3, 0.4) is 0 Å². The first kappa shape index (κ1) is 16.1. The Bertz CT molecular complexity index is 549. The number of aliphatic hydroxyl groups excluding tert-OH is 1. The molecule has 1 fully saturated rings. The van der Waals surface area contributed by atoms with Crippen LogP contribution in [0.4, 0.5) is 0 Å². The molecule has 6 heteroatoms. The van der Waals surface area contributed by atoms with Crippen LogP contribution < -0.4 is 9.47 Å². The maximum absolute atomic E-state index is 10.7. The average molecular weight is 356 g/mol. The van der Waals surface area contributed by atoms with Crippen LogP contribution in [-0.2, 0) is 4.74 Å². The Morgan fingerprint density at radius 2 is 2.05 bits per heavy atom. The van der Waals surface area contributed by atoms with Crippen LogP contribution in [0.1, 0.15) is 24.5 Å². The van der Waals surface area contributed by atoms with Crippen LogP contribution in [-0.4, -0.2) is 32.5 Å². The van der Waals surface area contributed by atoms with E-state index in [1.165, 1.54) is 7.11 Å². The highest BCUT2D eigenvalue weighted by atomic mass is 79.9. The molecule has 1 aliphatic heterocycles. The lowest BCUT2D eigenvalue weighted by Gasteiger charge is -2.35. The molecule has 1 N–H and O–H groups in total. The zero-order valence-electron chi connectivity index (χ0n) is 12.1. The molecule has 1 saturated heterocycles. The molecular formula is C15H18BrNO4. The van der Waals surface area contributed by atoms with Gasteiger partial charge in [0.1, 0.15) is 11.5 Å². The lowest BCUT2D eigenvalue weighted by molar-refractivity contribution is -0.0509. The number of nitrogens with zero attached hydrogens (tertiary/aromatic N) is 1. The molecule has 2 rings (SSSR count). The molecule has 2 unspecified atom stereocenters. The summed E-state index contributed by atoms with van der Waals surface area (Å²) < 4.78 is 16.6. The van der Waals surface area contributed by atoms with Crippen molar-refractivity contribution in [1.82, 2.24) is 0 Å². The Kier molecular flexibility index (Phi) is 5.09. The normalized spacial score (nSPS) is 23.2. The van der Waals surface area contributed by atoms with Crippen LogP contribution in [0.25, 0.3) is 0 Å². The van der Waals surface area contributed by atoms with Gasteiger partial charge < -0.3 is 19.3 Å². The number of aliphatic hydroxyl groups is 1. The third kappa shape index (κ3) is 3.00. The monoisotopic (exact) mass is 355 g/mol. The first-order valence-corrected chi connectivity index (χ1v) is 7.46. The van der Waals surface area contributed by atoms with Gasteiger partial charge in [-0.15, -0.1) is 0 Å². The smallest absolute Gasteiger partial charge is 0.161 e. The molecule has 1 aliphatic rings. The zero-order chi connectivity index (χ0) is 15.5. The quantitative estimate of drug-likeness (QED) is 0.898. The molecule has 2 atom stereocenters. The number of benzene rings is 1. The molecule has 5 nitrogen and oxygen atoms in total. The van der Waals surface area contributed by atoms with E-state index in [4.69, 9.17) is 14.2 Å². The fourth-order valence-corrected chi connectivity index (χ4v) is 3.10. The Hall–Kier alpha value is -1.29. The van der Waals surface area contributed by atoms with Crippen LogP contribution in [0, 0.1) is 16.7 Å². The van der Waals surface area contributed by atoms with E-state index in [1.54, 1.807) is 19.2 Å². The van der Waals surface area contributed by atoms with E-state index in [0.29, 0.717) is 34.6 Å². The van der Waals surface area contributed by atoms with Crippen molar-refractivity contribution in [2.24, 2.45) is 5.41 Å². The summed E-state index contributed by atoms with van der Waals surface area (Å²) in [6.07, 6.45) is 0.401. The summed E-state index contributed by atoms with van der Waals surface area (Å²) in [5, 5.41) is 20.3. The summed E-state index contributed by atoms with van der Waals surface area (Å²) in [7, 11) is 3.08. The lowest BCUT2D eigenvalue weighted by atomic mass is 9.76. The van der Waals surface area contributed by atoms with Crippen molar-refractivity contribution in [3.8, 4) is 17.6 Å². The number of ether oxygens (including phenoxy) is 3. The molecule has 0 aromatic heterocycles. The summed E-state index contributed by atoms with van der Waals surface area (Å²) in [6, 6.07) is 5.67. The number of rotatable bonds is 4. The highest BCUT2D eigenvalue weighted by molar-refractivity contribution is 9.10. The molecule has 1 heterocycles. The molecule has 1 aromatic rings. The van der Waals surface area contributed by atoms with E-state index in [2.05, 4.69) is 22.0 Å². The van der Waals surface area contributed by atoms with Crippen molar-refractivity contribution in [3.63, 3.8) is 0 Å². The second kappa shape index (κ2) is 6.65. The predicted molar refractivity (Wildman–Crippen MR) is 80.3 cm³/mol. The first-order valence-electron chi connectivity index (χ1n) is 6.66. The van der Waals surface area contributed by atoms with Gasteiger partial charge in [0.2, 0.25) is 0 Å². The Labute approximate surface area is 132 Å². The number of nitriles is 1. The highest BCUT2D eigenvalue weighted by Gasteiger charge is 2.42. The summed E-state index contributed by atoms with van der Waals surface area (Å²) in [5.41, 5.74) is -0.333. The van der Waals surface area contributed by atoms with Crippen molar-refractivity contribution < 1.29 is 19.3 Å². The lowest BCUT2D eigenvalue weighted by Crippen LogP contribution is -2.36. The van der Waals surface area contributed by atoms with Gasteiger partial charge in [-0.2, -0.15) is 5.26 Å². The van der Waals surface area contributed by atoms with Crippen molar-refractivity contribution in [3.05, 3.63) is 22.2 Å². The SMILES string of the molecule is COc1cc(Br)c(C(O)C2(C#N)CCCOC2)cc1OC. The second-order valence-electron chi connectivity index (χ2n) is 5.06. The Morgan fingerprint density at radius 3 is 2.57 bits per heavy atom. The minimum atomic E-state index is -0.961. The van der Waals surface area contributed by atoms with Gasteiger partial charge in [-0.25, -0.2) is 0 Å². The number of halogens is 1. The molecule has 21 heavy (non-hydrogen) atoms. The fourth-order valence-electron chi connectivity index (χ4n) is 2.56. The molecule has 0 aliphatic carbocycles. The first-order chi connectivity index (χ1) is 10.1. The van der Waals surface area contributed by atoms with Gasteiger partial charge in [-0.05, 0) is 25.0 Å².